The van der Waals surface area contributed by atoms with Gasteiger partial charge in [0.15, 0.2) is 0 Å². The minimum absolute atomic E-state index is 0. The third kappa shape index (κ3) is 4.15. The van der Waals surface area contributed by atoms with E-state index in [1.165, 1.54) is 25.1 Å². The van der Waals surface area contributed by atoms with Gasteiger partial charge in [0.2, 0.25) is 0 Å². The SMILES string of the molecule is Cc1cc(C(=O)N2CCC(NCC3CC3)CC2)c(C)n1C(C)C.Cl. The fraction of sp³-hybridized carbons (Fsp3) is 0.737. The predicted octanol–water partition coefficient (Wildman–Crippen LogP) is 3.71. The fourth-order valence-corrected chi connectivity index (χ4v) is 3.90. The summed E-state index contributed by atoms with van der Waals surface area (Å²) in [5, 5.41) is 3.68. The van der Waals surface area contributed by atoms with Gasteiger partial charge in [-0.1, -0.05) is 0 Å². The zero-order chi connectivity index (χ0) is 16.6. The Hall–Kier alpha value is -1.000. The number of halogens is 1. The van der Waals surface area contributed by atoms with Crippen molar-refractivity contribution in [2.45, 2.75) is 65.5 Å². The Kier molecular flexibility index (Phi) is 6.38. The van der Waals surface area contributed by atoms with Gasteiger partial charge in [-0.05, 0) is 71.9 Å². The highest BCUT2D eigenvalue weighted by Crippen LogP contribution is 2.28. The molecule has 3 rings (SSSR count). The lowest BCUT2D eigenvalue weighted by molar-refractivity contribution is 0.0704. The maximum Gasteiger partial charge on any atom is 0.255 e. The van der Waals surface area contributed by atoms with Gasteiger partial charge in [-0.2, -0.15) is 0 Å². The molecule has 1 saturated carbocycles. The van der Waals surface area contributed by atoms with Crippen LogP contribution in [0.1, 0.15) is 67.3 Å². The summed E-state index contributed by atoms with van der Waals surface area (Å²) in [5.41, 5.74) is 3.18. The van der Waals surface area contributed by atoms with Gasteiger partial charge >= 0.3 is 0 Å². The van der Waals surface area contributed by atoms with E-state index in [0.717, 1.165) is 43.1 Å². The molecule has 1 saturated heterocycles. The number of likely N-dealkylation sites (tertiary alicyclic amines) is 1. The van der Waals surface area contributed by atoms with E-state index in [9.17, 15) is 4.79 Å². The Balaban J connectivity index is 0.00000208. The van der Waals surface area contributed by atoms with Crippen LogP contribution in [0.25, 0.3) is 0 Å². The number of nitrogens with one attached hydrogen (secondary N) is 1. The summed E-state index contributed by atoms with van der Waals surface area (Å²) in [6.07, 6.45) is 4.97. The topological polar surface area (TPSA) is 37.3 Å². The molecule has 0 unspecified atom stereocenters. The van der Waals surface area contributed by atoms with E-state index in [1.54, 1.807) is 0 Å². The zero-order valence-electron chi connectivity index (χ0n) is 15.5. The average molecular weight is 354 g/mol. The standard InChI is InChI=1S/C19H31N3O.ClH/c1-13(2)22-14(3)11-18(15(22)4)19(23)21-9-7-17(8-10-21)20-12-16-5-6-16;/h11,13,16-17,20H,5-10,12H2,1-4H3;1H. The lowest BCUT2D eigenvalue weighted by Crippen LogP contribution is -2.45. The van der Waals surface area contributed by atoms with E-state index in [2.05, 4.69) is 43.6 Å². The maximum atomic E-state index is 12.9. The fourth-order valence-electron chi connectivity index (χ4n) is 3.90. The number of rotatable bonds is 5. The lowest BCUT2D eigenvalue weighted by Gasteiger charge is -2.32. The Morgan fingerprint density at radius 1 is 1.21 bits per heavy atom. The quantitative estimate of drug-likeness (QED) is 0.876. The van der Waals surface area contributed by atoms with Gasteiger partial charge in [0.05, 0.1) is 5.56 Å². The molecule has 2 aliphatic rings. The van der Waals surface area contributed by atoms with Crippen molar-refractivity contribution in [2.24, 2.45) is 5.92 Å². The molecule has 1 amide bonds. The molecule has 0 spiro atoms. The van der Waals surface area contributed by atoms with Crippen molar-refractivity contribution < 1.29 is 4.79 Å². The summed E-state index contributed by atoms with van der Waals surface area (Å²) in [6.45, 7) is 11.5. The molecule has 136 valence electrons. The predicted molar refractivity (Wildman–Crippen MR) is 101 cm³/mol. The van der Waals surface area contributed by atoms with Crippen LogP contribution >= 0.6 is 12.4 Å². The number of carbonyl (C=O) groups is 1. The number of aryl methyl sites for hydroxylation is 1. The van der Waals surface area contributed by atoms with Crippen molar-refractivity contribution in [2.75, 3.05) is 19.6 Å². The second-order valence-corrected chi connectivity index (χ2v) is 7.67. The van der Waals surface area contributed by atoms with Crippen molar-refractivity contribution in [3.63, 3.8) is 0 Å². The van der Waals surface area contributed by atoms with Crippen molar-refractivity contribution in [3.05, 3.63) is 23.0 Å². The van der Waals surface area contributed by atoms with E-state index in [1.807, 2.05) is 4.90 Å². The summed E-state index contributed by atoms with van der Waals surface area (Å²) in [5.74, 6) is 1.14. The van der Waals surface area contributed by atoms with E-state index >= 15 is 0 Å². The van der Waals surface area contributed by atoms with Crippen LogP contribution < -0.4 is 5.32 Å². The molecule has 5 heteroatoms. The van der Waals surface area contributed by atoms with Crippen molar-refractivity contribution >= 4 is 18.3 Å². The van der Waals surface area contributed by atoms with Crippen LogP contribution in [-0.4, -0.2) is 41.1 Å². The molecule has 1 aliphatic carbocycles. The number of hydrogen-bond donors (Lipinski definition) is 1. The molecule has 1 aliphatic heterocycles. The van der Waals surface area contributed by atoms with Crippen LogP contribution in [0.5, 0.6) is 0 Å². The first-order valence-corrected chi connectivity index (χ1v) is 9.18. The van der Waals surface area contributed by atoms with Crippen LogP contribution in [-0.2, 0) is 0 Å². The molecule has 2 fully saturated rings. The molecular weight excluding hydrogens is 322 g/mol. The van der Waals surface area contributed by atoms with E-state index < -0.39 is 0 Å². The highest BCUT2D eigenvalue weighted by molar-refractivity contribution is 5.95. The largest absolute Gasteiger partial charge is 0.346 e. The zero-order valence-corrected chi connectivity index (χ0v) is 16.3. The maximum absolute atomic E-state index is 12.9. The summed E-state index contributed by atoms with van der Waals surface area (Å²) in [7, 11) is 0. The van der Waals surface area contributed by atoms with Crippen LogP contribution in [0.3, 0.4) is 0 Å². The number of aromatic nitrogens is 1. The van der Waals surface area contributed by atoms with E-state index in [4.69, 9.17) is 0 Å². The molecule has 1 aromatic rings. The smallest absolute Gasteiger partial charge is 0.255 e. The van der Waals surface area contributed by atoms with Crippen LogP contribution in [0.4, 0.5) is 0 Å². The first-order valence-electron chi connectivity index (χ1n) is 9.18. The summed E-state index contributed by atoms with van der Waals surface area (Å²) in [4.78, 5) is 14.9. The van der Waals surface area contributed by atoms with E-state index in [-0.39, 0.29) is 18.3 Å². The summed E-state index contributed by atoms with van der Waals surface area (Å²) < 4.78 is 2.26. The second kappa shape index (κ2) is 7.92. The first-order chi connectivity index (χ1) is 11.0. The molecule has 1 N–H and O–H groups in total. The highest BCUT2D eigenvalue weighted by Gasteiger charge is 2.28. The van der Waals surface area contributed by atoms with Gasteiger partial charge in [-0.3, -0.25) is 4.79 Å². The normalized spacial score (nSPS) is 18.8. The van der Waals surface area contributed by atoms with Gasteiger partial charge in [0.25, 0.3) is 5.91 Å². The monoisotopic (exact) mass is 353 g/mol. The molecule has 0 aromatic carbocycles. The Bertz CT molecular complexity index is 569. The van der Waals surface area contributed by atoms with Gasteiger partial charge in [0.1, 0.15) is 0 Å². The molecule has 0 radical (unpaired) electrons. The Morgan fingerprint density at radius 2 is 1.83 bits per heavy atom. The van der Waals surface area contributed by atoms with Crippen LogP contribution in [0.15, 0.2) is 6.07 Å². The Labute approximate surface area is 152 Å². The van der Waals surface area contributed by atoms with Crippen molar-refractivity contribution in [1.82, 2.24) is 14.8 Å². The van der Waals surface area contributed by atoms with Crippen molar-refractivity contribution in [1.29, 1.82) is 0 Å². The third-order valence-corrected chi connectivity index (χ3v) is 5.41. The number of hydrogen-bond acceptors (Lipinski definition) is 2. The summed E-state index contributed by atoms with van der Waals surface area (Å²) in [6, 6.07) is 3.06. The number of piperidine rings is 1. The number of carbonyl (C=O) groups excluding carboxylic acids is 1. The minimum atomic E-state index is 0. The minimum Gasteiger partial charge on any atom is -0.346 e. The van der Waals surface area contributed by atoms with Crippen LogP contribution in [0, 0.1) is 19.8 Å². The third-order valence-electron chi connectivity index (χ3n) is 5.41. The van der Waals surface area contributed by atoms with Gasteiger partial charge in [0, 0.05) is 36.6 Å². The molecule has 0 bridgehead atoms. The summed E-state index contributed by atoms with van der Waals surface area (Å²) >= 11 is 0. The van der Waals surface area contributed by atoms with Gasteiger partial charge < -0.3 is 14.8 Å². The lowest BCUT2D eigenvalue weighted by atomic mass is 10.0. The Morgan fingerprint density at radius 3 is 2.33 bits per heavy atom. The average Bonchev–Trinajstić information content (AvgIpc) is 3.29. The molecular formula is C19H32ClN3O. The van der Waals surface area contributed by atoms with Gasteiger partial charge in [-0.15, -0.1) is 12.4 Å². The van der Waals surface area contributed by atoms with E-state index in [0.29, 0.717) is 12.1 Å². The van der Waals surface area contributed by atoms with Crippen LogP contribution in [0.2, 0.25) is 0 Å². The second-order valence-electron chi connectivity index (χ2n) is 7.67. The van der Waals surface area contributed by atoms with Crippen molar-refractivity contribution in [3.8, 4) is 0 Å². The molecule has 24 heavy (non-hydrogen) atoms. The number of nitrogens with zero attached hydrogens (tertiary/aromatic N) is 2. The number of amides is 1. The molecule has 2 heterocycles. The molecule has 1 aromatic heterocycles. The van der Waals surface area contributed by atoms with Gasteiger partial charge in [-0.25, -0.2) is 0 Å². The first kappa shape index (κ1) is 19.3. The molecule has 4 nitrogen and oxygen atoms in total. The molecule has 0 atom stereocenters. The highest BCUT2D eigenvalue weighted by atomic mass is 35.5.